The number of rotatable bonds is 1. The minimum absolute atomic E-state index is 0.125. The Bertz CT molecular complexity index is 517. The quantitative estimate of drug-likeness (QED) is 0.857. The first-order valence-electron chi connectivity index (χ1n) is 7.23. The molecule has 1 aromatic rings. The average molecular weight is 296 g/mol. The molecule has 0 amide bonds. The zero-order valence-electron chi connectivity index (χ0n) is 12.3. The molecule has 0 radical (unpaired) electrons. The summed E-state index contributed by atoms with van der Waals surface area (Å²) in [6.07, 6.45) is 2.82. The molecule has 20 heavy (non-hydrogen) atoms. The number of benzene rings is 1. The van der Waals surface area contributed by atoms with Crippen LogP contribution in [0.15, 0.2) is 18.2 Å². The van der Waals surface area contributed by atoms with Crippen LogP contribution in [0.2, 0.25) is 5.02 Å². The van der Waals surface area contributed by atoms with E-state index >= 15 is 0 Å². The van der Waals surface area contributed by atoms with Gasteiger partial charge in [0.05, 0.1) is 12.2 Å². The van der Waals surface area contributed by atoms with Crippen LogP contribution in [0, 0.1) is 0 Å². The SMILES string of the molecule is CNC1CC2(CCOC(C)(C)C2)Oc2ccc(Cl)cc21. The highest BCUT2D eigenvalue weighted by Crippen LogP contribution is 2.47. The van der Waals surface area contributed by atoms with Crippen LogP contribution >= 0.6 is 11.6 Å². The molecule has 0 aromatic heterocycles. The summed E-state index contributed by atoms with van der Waals surface area (Å²) >= 11 is 6.12. The molecule has 1 N–H and O–H groups in total. The van der Waals surface area contributed by atoms with E-state index in [2.05, 4.69) is 19.2 Å². The van der Waals surface area contributed by atoms with Crippen LogP contribution in [0.4, 0.5) is 0 Å². The average Bonchev–Trinajstić information content (AvgIpc) is 2.37. The second-order valence-electron chi connectivity index (χ2n) is 6.55. The summed E-state index contributed by atoms with van der Waals surface area (Å²) in [5, 5.41) is 4.17. The largest absolute Gasteiger partial charge is 0.487 e. The van der Waals surface area contributed by atoms with Gasteiger partial charge in [0.2, 0.25) is 0 Å². The molecule has 2 atom stereocenters. The summed E-state index contributed by atoms with van der Waals surface area (Å²) < 4.78 is 12.3. The molecule has 3 rings (SSSR count). The van der Waals surface area contributed by atoms with Crippen LogP contribution in [0.25, 0.3) is 0 Å². The van der Waals surface area contributed by atoms with E-state index in [4.69, 9.17) is 21.1 Å². The maximum atomic E-state index is 6.40. The van der Waals surface area contributed by atoms with Gasteiger partial charge < -0.3 is 14.8 Å². The van der Waals surface area contributed by atoms with Crippen molar-refractivity contribution in [3.05, 3.63) is 28.8 Å². The number of halogens is 1. The Labute approximate surface area is 125 Å². The lowest BCUT2D eigenvalue weighted by atomic mass is 9.77. The van der Waals surface area contributed by atoms with Crippen molar-refractivity contribution in [2.45, 2.75) is 50.4 Å². The van der Waals surface area contributed by atoms with Gasteiger partial charge in [0.1, 0.15) is 11.4 Å². The van der Waals surface area contributed by atoms with Crippen LogP contribution in [0.1, 0.15) is 44.7 Å². The Morgan fingerprint density at radius 2 is 2.15 bits per heavy atom. The van der Waals surface area contributed by atoms with E-state index in [1.807, 2.05) is 25.2 Å². The summed E-state index contributed by atoms with van der Waals surface area (Å²) in [5.41, 5.74) is 0.909. The third-order valence-electron chi connectivity index (χ3n) is 4.40. The standard InChI is InChI=1S/C16H22ClNO2/c1-15(2)10-16(6-7-19-15)9-13(18-3)12-8-11(17)4-5-14(12)20-16/h4-5,8,13,18H,6-7,9-10H2,1-3H3. The lowest BCUT2D eigenvalue weighted by Crippen LogP contribution is -2.52. The van der Waals surface area contributed by atoms with Crippen LogP contribution in [-0.2, 0) is 4.74 Å². The molecule has 4 heteroatoms. The minimum atomic E-state index is -0.129. The van der Waals surface area contributed by atoms with Crippen molar-refractivity contribution in [2.24, 2.45) is 0 Å². The highest BCUT2D eigenvalue weighted by atomic mass is 35.5. The molecule has 110 valence electrons. The Morgan fingerprint density at radius 1 is 1.35 bits per heavy atom. The smallest absolute Gasteiger partial charge is 0.125 e. The highest BCUT2D eigenvalue weighted by molar-refractivity contribution is 6.30. The third-order valence-corrected chi connectivity index (χ3v) is 4.63. The summed E-state index contributed by atoms with van der Waals surface area (Å²) in [6, 6.07) is 6.18. The van der Waals surface area contributed by atoms with Crippen LogP contribution < -0.4 is 10.1 Å². The lowest BCUT2D eigenvalue weighted by Gasteiger charge is -2.49. The van der Waals surface area contributed by atoms with Gasteiger partial charge in [-0.25, -0.2) is 0 Å². The Kier molecular flexibility index (Phi) is 3.47. The van der Waals surface area contributed by atoms with E-state index < -0.39 is 0 Å². The van der Waals surface area contributed by atoms with Gasteiger partial charge in [0, 0.05) is 35.9 Å². The fourth-order valence-electron chi connectivity index (χ4n) is 3.59. The van der Waals surface area contributed by atoms with E-state index in [1.54, 1.807) is 0 Å². The van der Waals surface area contributed by atoms with Gasteiger partial charge in [-0.05, 0) is 39.1 Å². The van der Waals surface area contributed by atoms with Crippen molar-refractivity contribution in [1.29, 1.82) is 0 Å². The molecule has 3 nitrogen and oxygen atoms in total. The summed E-state index contributed by atoms with van der Waals surface area (Å²) in [4.78, 5) is 0. The van der Waals surface area contributed by atoms with Gasteiger partial charge in [-0.3, -0.25) is 0 Å². The van der Waals surface area contributed by atoms with Crippen LogP contribution in [-0.4, -0.2) is 24.9 Å². The molecule has 1 fully saturated rings. The van der Waals surface area contributed by atoms with Gasteiger partial charge in [0.15, 0.2) is 0 Å². The van der Waals surface area contributed by atoms with E-state index in [0.29, 0.717) is 0 Å². The monoisotopic (exact) mass is 295 g/mol. The minimum Gasteiger partial charge on any atom is -0.487 e. The van der Waals surface area contributed by atoms with Gasteiger partial charge in [-0.1, -0.05) is 11.6 Å². The fraction of sp³-hybridized carbons (Fsp3) is 0.625. The maximum Gasteiger partial charge on any atom is 0.125 e. The topological polar surface area (TPSA) is 30.5 Å². The predicted octanol–water partition coefficient (Wildman–Crippen LogP) is 3.71. The molecule has 1 aromatic carbocycles. The second kappa shape index (κ2) is 4.90. The van der Waals surface area contributed by atoms with E-state index in [1.165, 1.54) is 0 Å². The molecule has 0 saturated carbocycles. The van der Waals surface area contributed by atoms with Gasteiger partial charge in [-0.2, -0.15) is 0 Å². The zero-order valence-corrected chi connectivity index (χ0v) is 13.1. The molecule has 2 aliphatic rings. The predicted molar refractivity (Wildman–Crippen MR) is 80.5 cm³/mol. The second-order valence-corrected chi connectivity index (χ2v) is 6.98. The normalized spacial score (nSPS) is 31.7. The fourth-order valence-corrected chi connectivity index (χ4v) is 3.77. The molecule has 2 unspecified atom stereocenters. The summed E-state index contributed by atoms with van der Waals surface area (Å²) in [6.45, 7) is 5.04. The Balaban J connectivity index is 1.96. The molecule has 0 aliphatic carbocycles. The summed E-state index contributed by atoms with van der Waals surface area (Å²) in [7, 11) is 2.00. The van der Waals surface area contributed by atoms with Crippen molar-refractivity contribution in [1.82, 2.24) is 5.32 Å². The van der Waals surface area contributed by atoms with Crippen molar-refractivity contribution in [3.8, 4) is 5.75 Å². The first-order valence-corrected chi connectivity index (χ1v) is 7.61. The number of ether oxygens (including phenoxy) is 2. The maximum absolute atomic E-state index is 6.40. The molecular weight excluding hydrogens is 274 g/mol. The molecule has 2 aliphatic heterocycles. The van der Waals surface area contributed by atoms with Gasteiger partial charge in [0.25, 0.3) is 0 Å². The van der Waals surface area contributed by atoms with Crippen LogP contribution in [0.5, 0.6) is 5.75 Å². The van der Waals surface area contributed by atoms with Crippen molar-refractivity contribution >= 4 is 11.6 Å². The van der Waals surface area contributed by atoms with Crippen molar-refractivity contribution in [2.75, 3.05) is 13.7 Å². The van der Waals surface area contributed by atoms with E-state index in [9.17, 15) is 0 Å². The Hall–Kier alpha value is -0.770. The number of hydrogen-bond acceptors (Lipinski definition) is 3. The van der Waals surface area contributed by atoms with Crippen molar-refractivity contribution < 1.29 is 9.47 Å². The van der Waals surface area contributed by atoms with Crippen molar-refractivity contribution in [3.63, 3.8) is 0 Å². The lowest BCUT2D eigenvalue weighted by molar-refractivity contribution is -0.142. The first-order chi connectivity index (χ1) is 9.43. The molecule has 1 spiro atoms. The zero-order chi connectivity index (χ0) is 14.4. The number of nitrogens with one attached hydrogen (secondary N) is 1. The third kappa shape index (κ3) is 2.54. The highest BCUT2D eigenvalue weighted by Gasteiger charge is 2.47. The van der Waals surface area contributed by atoms with Crippen LogP contribution in [0.3, 0.4) is 0 Å². The summed E-state index contributed by atoms with van der Waals surface area (Å²) in [5.74, 6) is 0.956. The molecule has 1 saturated heterocycles. The van der Waals surface area contributed by atoms with Gasteiger partial charge in [-0.15, -0.1) is 0 Å². The molecule has 0 bridgehead atoms. The van der Waals surface area contributed by atoms with Gasteiger partial charge >= 0.3 is 0 Å². The number of fused-ring (bicyclic) bond motifs is 1. The number of hydrogen-bond donors (Lipinski definition) is 1. The molecule has 2 heterocycles. The molecular formula is C16H22ClNO2. The van der Waals surface area contributed by atoms with E-state index in [0.717, 1.165) is 42.2 Å². The first kappa shape index (κ1) is 14.2. The Morgan fingerprint density at radius 3 is 2.85 bits per heavy atom. The van der Waals surface area contributed by atoms with E-state index in [-0.39, 0.29) is 17.2 Å².